The van der Waals surface area contributed by atoms with E-state index in [-0.39, 0.29) is 12.1 Å². The summed E-state index contributed by atoms with van der Waals surface area (Å²) < 4.78 is 5.31. The Morgan fingerprint density at radius 2 is 2.00 bits per heavy atom. The third-order valence-electron chi connectivity index (χ3n) is 4.04. The number of aromatic nitrogens is 1. The Balaban J connectivity index is 2.00. The molecule has 1 saturated heterocycles. The van der Waals surface area contributed by atoms with E-state index in [4.69, 9.17) is 4.74 Å². The van der Waals surface area contributed by atoms with Crippen molar-refractivity contribution in [2.24, 2.45) is 0 Å². The van der Waals surface area contributed by atoms with Gasteiger partial charge >= 0.3 is 6.09 Å². The Morgan fingerprint density at radius 1 is 1.36 bits per heavy atom. The quantitative estimate of drug-likeness (QED) is 0.843. The van der Waals surface area contributed by atoms with Crippen LogP contribution in [0, 0.1) is 0 Å². The van der Waals surface area contributed by atoms with Gasteiger partial charge in [-0.05, 0) is 39.7 Å². The smallest absolute Gasteiger partial charge is 0.407 e. The average Bonchev–Trinajstić information content (AvgIpc) is 2.52. The molecule has 1 amide bonds. The Hall–Kier alpha value is -2.31. The summed E-state index contributed by atoms with van der Waals surface area (Å²) in [6.07, 6.45) is 3.82. The number of amides is 1. The number of hydrogen-bond donors (Lipinski definition) is 1. The number of nitrogens with zero attached hydrogens (tertiary/aromatic N) is 3. The first-order chi connectivity index (χ1) is 11.7. The molecule has 0 aliphatic carbocycles. The van der Waals surface area contributed by atoms with Crippen LogP contribution in [-0.4, -0.2) is 56.2 Å². The lowest BCUT2D eigenvalue weighted by Crippen LogP contribution is -2.46. The summed E-state index contributed by atoms with van der Waals surface area (Å²) in [5.74, 6) is 0.668. The van der Waals surface area contributed by atoms with Crippen LogP contribution in [0.2, 0.25) is 0 Å². The van der Waals surface area contributed by atoms with Crippen molar-refractivity contribution in [3.8, 4) is 0 Å². The zero-order chi connectivity index (χ0) is 18.6. The number of carbonyl (C=O) groups excluding carboxylic acids is 2. The van der Waals surface area contributed by atoms with Crippen molar-refractivity contribution in [3.63, 3.8) is 0 Å². The first-order valence-electron chi connectivity index (χ1n) is 8.57. The number of pyridine rings is 1. The van der Waals surface area contributed by atoms with Gasteiger partial charge in [0.05, 0.1) is 11.3 Å². The van der Waals surface area contributed by atoms with Crippen LogP contribution in [0.3, 0.4) is 0 Å². The molecule has 1 aliphatic rings. The molecule has 0 saturated carbocycles. The number of nitrogens with one attached hydrogen (secondary N) is 1. The van der Waals surface area contributed by atoms with Crippen LogP contribution >= 0.6 is 0 Å². The molecule has 25 heavy (non-hydrogen) atoms. The molecule has 0 unspecified atom stereocenters. The summed E-state index contributed by atoms with van der Waals surface area (Å²) in [5.41, 5.74) is 0.999. The van der Waals surface area contributed by atoms with Gasteiger partial charge in [0.1, 0.15) is 11.4 Å². The Kier molecular flexibility index (Phi) is 5.87. The maximum Gasteiger partial charge on any atom is 0.407 e. The zero-order valence-electron chi connectivity index (χ0n) is 15.7. The summed E-state index contributed by atoms with van der Waals surface area (Å²) in [7, 11) is 3.74. The molecule has 7 heteroatoms. The predicted molar refractivity (Wildman–Crippen MR) is 98.6 cm³/mol. The van der Waals surface area contributed by atoms with Gasteiger partial charge in [-0.25, -0.2) is 9.78 Å². The minimum absolute atomic E-state index is 0.0842. The molecule has 138 valence electrons. The van der Waals surface area contributed by atoms with Gasteiger partial charge in [0.15, 0.2) is 6.29 Å². The van der Waals surface area contributed by atoms with E-state index >= 15 is 0 Å². The molecule has 0 bridgehead atoms. The first kappa shape index (κ1) is 19.0. The molecule has 1 aliphatic heterocycles. The molecule has 0 aromatic carbocycles. The number of piperidine rings is 1. The number of anilines is 2. The predicted octanol–water partition coefficient (Wildman–Crippen LogP) is 2.45. The molecule has 0 atom stereocenters. The third-order valence-corrected chi connectivity index (χ3v) is 4.04. The van der Waals surface area contributed by atoms with Gasteiger partial charge in [0.25, 0.3) is 0 Å². The van der Waals surface area contributed by atoms with Gasteiger partial charge in [-0.15, -0.1) is 0 Å². The highest BCUT2D eigenvalue weighted by atomic mass is 16.6. The van der Waals surface area contributed by atoms with Gasteiger partial charge in [0, 0.05) is 39.4 Å². The summed E-state index contributed by atoms with van der Waals surface area (Å²) >= 11 is 0. The van der Waals surface area contributed by atoms with Crippen LogP contribution in [0.25, 0.3) is 0 Å². The molecule has 0 spiro atoms. The van der Waals surface area contributed by atoms with Gasteiger partial charge in [0.2, 0.25) is 0 Å². The number of ether oxygens (including phenoxy) is 1. The average molecular weight is 348 g/mol. The second kappa shape index (κ2) is 7.72. The Labute approximate surface area is 149 Å². The lowest BCUT2D eigenvalue weighted by molar-refractivity contribution is 0.0497. The number of hydrogen-bond acceptors (Lipinski definition) is 6. The Morgan fingerprint density at radius 3 is 2.52 bits per heavy atom. The van der Waals surface area contributed by atoms with E-state index in [1.54, 1.807) is 6.20 Å². The second-order valence-corrected chi connectivity index (χ2v) is 7.49. The van der Waals surface area contributed by atoms with E-state index in [9.17, 15) is 9.59 Å². The minimum atomic E-state index is -0.497. The molecule has 1 N–H and O–H groups in total. The van der Waals surface area contributed by atoms with Crippen molar-refractivity contribution in [1.29, 1.82) is 0 Å². The van der Waals surface area contributed by atoms with Gasteiger partial charge in [-0.3, -0.25) is 4.79 Å². The van der Waals surface area contributed by atoms with Crippen LogP contribution in [0.5, 0.6) is 0 Å². The van der Waals surface area contributed by atoms with Crippen molar-refractivity contribution >= 4 is 23.9 Å². The maximum atomic E-state index is 11.9. The monoisotopic (exact) mass is 348 g/mol. The van der Waals surface area contributed by atoms with E-state index in [2.05, 4.69) is 15.2 Å². The largest absolute Gasteiger partial charge is 0.444 e. The first-order valence-corrected chi connectivity index (χ1v) is 8.57. The Bertz CT molecular complexity index is 617. The van der Waals surface area contributed by atoms with Crippen LogP contribution in [0.1, 0.15) is 44.0 Å². The standard InChI is InChI=1S/C18H28N4O3/c1-18(2,3)25-17(24)20-13-7-10-22(11-8-13)15-6-9-19-16(21(4)5)14(15)12-23/h6,9,12-13H,7-8,10-11H2,1-5H3,(H,20,24). The second-order valence-electron chi connectivity index (χ2n) is 7.49. The van der Waals surface area contributed by atoms with E-state index < -0.39 is 5.60 Å². The molecule has 1 fully saturated rings. The van der Waals surface area contributed by atoms with Crippen molar-refractivity contribution in [1.82, 2.24) is 10.3 Å². The van der Waals surface area contributed by atoms with Crippen molar-refractivity contribution in [2.45, 2.75) is 45.3 Å². The highest BCUT2D eigenvalue weighted by Crippen LogP contribution is 2.28. The molecule has 7 nitrogen and oxygen atoms in total. The lowest BCUT2D eigenvalue weighted by Gasteiger charge is -2.35. The van der Waals surface area contributed by atoms with Crippen LogP contribution in [-0.2, 0) is 4.74 Å². The van der Waals surface area contributed by atoms with Gasteiger partial charge in [-0.1, -0.05) is 0 Å². The third kappa shape index (κ3) is 5.08. The van der Waals surface area contributed by atoms with E-state index in [0.717, 1.165) is 37.9 Å². The van der Waals surface area contributed by atoms with E-state index in [1.807, 2.05) is 45.8 Å². The molecular formula is C18H28N4O3. The van der Waals surface area contributed by atoms with Crippen molar-refractivity contribution in [2.75, 3.05) is 37.0 Å². The summed E-state index contributed by atoms with van der Waals surface area (Å²) in [6, 6.07) is 1.96. The topological polar surface area (TPSA) is 74.8 Å². The van der Waals surface area contributed by atoms with Gasteiger partial charge in [-0.2, -0.15) is 0 Å². The van der Waals surface area contributed by atoms with Crippen LogP contribution < -0.4 is 15.1 Å². The van der Waals surface area contributed by atoms with Crippen LogP contribution in [0.4, 0.5) is 16.3 Å². The summed E-state index contributed by atoms with van der Waals surface area (Å²) in [5, 5.41) is 2.93. The van der Waals surface area contributed by atoms with Crippen molar-refractivity contribution < 1.29 is 14.3 Å². The summed E-state index contributed by atoms with van der Waals surface area (Å²) in [4.78, 5) is 31.8. The molecule has 2 rings (SSSR count). The number of rotatable bonds is 4. The minimum Gasteiger partial charge on any atom is -0.444 e. The fourth-order valence-corrected chi connectivity index (χ4v) is 2.94. The fourth-order valence-electron chi connectivity index (χ4n) is 2.94. The highest BCUT2D eigenvalue weighted by Gasteiger charge is 2.25. The molecule has 2 heterocycles. The van der Waals surface area contributed by atoms with Gasteiger partial charge < -0.3 is 19.9 Å². The number of carbonyl (C=O) groups is 2. The van der Waals surface area contributed by atoms with Crippen molar-refractivity contribution in [3.05, 3.63) is 17.8 Å². The highest BCUT2D eigenvalue weighted by molar-refractivity contribution is 5.91. The molecule has 1 aromatic rings. The number of alkyl carbamates (subject to hydrolysis) is 1. The molecule has 0 radical (unpaired) electrons. The van der Waals surface area contributed by atoms with E-state index in [0.29, 0.717) is 11.4 Å². The molecular weight excluding hydrogens is 320 g/mol. The summed E-state index contributed by atoms with van der Waals surface area (Å²) in [6.45, 7) is 7.07. The number of aldehydes is 1. The molecule has 1 aromatic heterocycles. The fraction of sp³-hybridized carbons (Fsp3) is 0.611. The normalized spacial score (nSPS) is 15.6. The SMILES string of the molecule is CN(C)c1nccc(N2CCC(NC(=O)OC(C)(C)C)CC2)c1C=O. The zero-order valence-corrected chi connectivity index (χ0v) is 15.7. The van der Waals surface area contributed by atoms with Crippen LogP contribution in [0.15, 0.2) is 12.3 Å². The lowest BCUT2D eigenvalue weighted by atomic mass is 10.0. The van der Waals surface area contributed by atoms with E-state index in [1.165, 1.54) is 0 Å². The maximum absolute atomic E-state index is 11.9.